The van der Waals surface area contributed by atoms with Crippen molar-refractivity contribution in [3.05, 3.63) is 17.9 Å². The SMILES string of the molecule is COCCCCCNc1cc(OC(F)F)c(F)cc1N. The number of benzene rings is 1. The van der Waals surface area contributed by atoms with Gasteiger partial charge in [-0.2, -0.15) is 8.78 Å². The van der Waals surface area contributed by atoms with E-state index in [1.165, 1.54) is 0 Å². The van der Waals surface area contributed by atoms with Crippen LogP contribution >= 0.6 is 0 Å². The Kier molecular flexibility index (Phi) is 7.00. The number of anilines is 2. The minimum absolute atomic E-state index is 0.154. The second kappa shape index (κ2) is 8.52. The molecular weight excluding hydrogens is 273 g/mol. The van der Waals surface area contributed by atoms with Crippen molar-refractivity contribution < 1.29 is 22.6 Å². The molecule has 1 rings (SSSR count). The molecule has 1 aromatic rings. The van der Waals surface area contributed by atoms with Gasteiger partial charge in [0.05, 0.1) is 11.4 Å². The van der Waals surface area contributed by atoms with E-state index >= 15 is 0 Å². The molecule has 0 radical (unpaired) electrons. The molecule has 0 aliphatic heterocycles. The van der Waals surface area contributed by atoms with Crippen LogP contribution in [0.4, 0.5) is 24.5 Å². The second-order valence-electron chi connectivity index (χ2n) is 4.23. The first-order valence-electron chi connectivity index (χ1n) is 6.31. The molecule has 0 aromatic heterocycles. The molecule has 0 fully saturated rings. The first-order chi connectivity index (χ1) is 9.54. The molecular formula is C13H19F3N2O2. The molecule has 0 saturated carbocycles. The fourth-order valence-corrected chi connectivity index (χ4v) is 1.68. The quantitative estimate of drug-likeness (QED) is 0.542. The van der Waals surface area contributed by atoms with Gasteiger partial charge < -0.3 is 20.5 Å². The molecule has 0 unspecified atom stereocenters. The van der Waals surface area contributed by atoms with Crippen LogP contribution in [-0.4, -0.2) is 26.9 Å². The molecule has 0 aliphatic carbocycles. The van der Waals surface area contributed by atoms with Crippen LogP contribution in [0.2, 0.25) is 0 Å². The molecule has 0 heterocycles. The summed E-state index contributed by atoms with van der Waals surface area (Å²) in [6, 6.07) is 2.11. The van der Waals surface area contributed by atoms with Crippen molar-refractivity contribution in [1.29, 1.82) is 0 Å². The fraction of sp³-hybridized carbons (Fsp3) is 0.538. The minimum atomic E-state index is -3.07. The third kappa shape index (κ3) is 5.56. The molecule has 0 amide bonds. The molecule has 4 nitrogen and oxygen atoms in total. The Morgan fingerprint density at radius 1 is 1.25 bits per heavy atom. The molecule has 3 N–H and O–H groups in total. The predicted molar refractivity (Wildman–Crippen MR) is 71.7 cm³/mol. The first-order valence-corrected chi connectivity index (χ1v) is 6.31. The highest BCUT2D eigenvalue weighted by Crippen LogP contribution is 2.29. The van der Waals surface area contributed by atoms with Crippen LogP contribution < -0.4 is 15.8 Å². The van der Waals surface area contributed by atoms with Crippen molar-refractivity contribution in [1.82, 2.24) is 0 Å². The number of hydrogen-bond donors (Lipinski definition) is 2. The molecule has 0 spiro atoms. The highest BCUT2D eigenvalue weighted by Gasteiger charge is 2.13. The van der Waals surface area contributed by atoms with Gasteiger partial charge in [0.15, 0.2) is 11.6 Å². The van der Waals surface area contributed by atoms with E-state index in [1.807, 2.05) is 0 Å². The Morgan fingerprint density at radius 3 is 2.65 bits per heavy atom. The number of unbranched alkanes of at least 4 members (excludes halogenated alkanes) is 2. The fourth-order valence-electron chi connectivity index (χ4n) is 1.68. The van der Waals surface area contributed by atoms with Gasteiger partial charge in [-0.25, -0.2) is 4.39 Å². The summed E-state index contributed by atoms with van der Waals surface area (Å²) in [5.41, 5.74) is 6.15. The average molecular weight is 292 g/mol. The smallest absolute Gasteiger partial charge is 0.387 e. The number of nitrogen functional groups attached to an aromatic ring is 1. The molecule has 114 valence electrons. The first kappa shape index (κ1) is 16.4. The van der Waals surface area contributed by atoms with Gasteiger partial charge in [0.25, 0.3) is 0 Å². The zero-order valence-corrected chi connectivity index (χ0v) is 11.3. The lowest BCUT2D eigenvalue weighted by atomic mass is 10.2. The molecule has 0 aliphatic rings. The zero-order chi connectivity index (χ0) is 15.0. The van der Waals surface area contributed by atoms with E-state index < -0.39 is 18.2 Å². The van der Waals surface area contributed by atoms with Crippen LogP contribution in [0.3, 0.4) is 0 Å². The van der Waals surface area contributed by atoms with E-state index in [9.17, 15) is 13.2 Å². The summed E-state index contributed by atoms with van der Waals surface area (Å²) < 4.78 is 46.6. The number of hydrogen-bond acceptors (Lipinski definition) is 4. The molecule has 20 heavy (non-hydrogen) atoms. The topological polar surface area (TPSA) is 56.5 Å². The van der Waals surface area contributed by atoms with E-state index in [1.54, 1.807) is 7.11 Å². The number of alkyl halides is 2. The van der Waals surface area contributed by atoms with E-state index in [0.29, 0.717) is 18.8 Å². The van der Waals surface area contributed by atoms with E-state index in [4.69, 9.17) is 10.5 Å². The van der Waals surface area contributed by atoms with Crippen molar-refractivity contribution in [3.8, 4) is 5.75 Å². The van der Waals surface area contributed by atoms with E-state index in [0.717, 1.165) is 31.4 Å². The van der Waals surface area contributed by atoms with E-state index in [2.05, 4.69) is 10.1 Å². The molecule has 0 atom stereocenters. The van der Waals surface area contributed by atoms with Crippen molar-refractivity contribution in [2.24, 2.45) is 0 Å². The highest BCUT2D eigenvalue weighted by atomic mass is 19.3. The Balaban J connectivity index is 2.52. The summed E-state index contributed by atoms with van der Waals surface area (Å²) in [6.07, 6.45) is 2.77. The Morgan fingerprint density at radius 2 is 2.00 bits per heavy atom. The maximum Gasteiger partial charge on any atom is 0.387 e. The van der Waals surface area contributed by atoms with Gasteiger partial charge in [0.2, 0.25) is 0 Å². The third-order valence-corrected chi connectivity index (χ3v) is 2.66. The lowest BCUT2D eigenvalue weighted by Crippen LogP contribution is -2.08. The van der Waals surface area contributed by atoms with Gasteiger partial charge in [-0.1, -0.05) is 0 Å². The average Bonchev–Trinajstić information content (AvgIpc) is 2.38. The number of nitrogens with two attached hydrogens (primary N) is 1. The van der Waals surface area contributed by atoms with Crippen LogP contribution in [0, 0.1) is 5.82 Å². The molecule has 0 bridgehead atoms. The maximum atomic E-state index is 13.3. The summed E-state index contributed by atoms with van der Waals surface area (Å²) >= 11 is 0. The molecule has 0 saturated heterocycles. The van der Waals surface area contributed by atoms with Crippen LogP contribution in [0.25, 0.3) is 0 Å². The lowest BCUT2D eigenvalue weighted by Gasteiger charge is -2.12. The second-order valence-corrected chi connectivity index (χ2v) is 4.23. The number of halogens is 3. The number of nitrogens with one attached hydrogen (secondary N) is 1. The largest absolute Gasteiger partial charge is 0.432 e. The normalized spacial score (nSPS) is 10.8. The standard InChI is InChI=1S/C13H19F3N2O2/c1-19-6-4-2-3-5-18-11-8-12(20-13(15)16)9(14)7-10(11)17/h7-8,13,18H,2-6,17H2,1H3. The van der Waals surface area contributed by atoms with Gasteiger partial charge in [-0.15, -0.1) is 0 Å². The van der Waals surface area contributed by atoms with Crippen LogP contribution in [0.15, 0.2) is 12.1 Å². The van der Waals surface area contributed by atoms with Gasteiger partial charge >= 0.3 is 6.61 Å². The number of ether oxygens (including phenoxy) is 2. The highest BCUT2D eigenvalue weighted by molar-refractivity contribution is 5.68. The van der Waals surface area contributed by atoms with Crippen LogP contribution in [0.5, 0.6) is 5.75 Å². The summed E-state index contributed by atoms with van der Waals surface area (Å²) in [4.78, 5) is 0. The number of methoxy groups -OCH3 is 1. The summed E-state index contributed by atoms with van der Waals surface area (Å²) in [7, 11) is 1.64. The van der Waals surface area contributed by atoms with Crippen molar-refractivity contribution >= 4 is 11.4 Å². The summed E-state index contributed by atoms with van der Waals surface area (Å²) in [6.45, 7) is -1.77. The van der Waals surface area contributed by atoms with Crippen LogP contribution in [-0.2, 0) is 4.74 Å². The lowest BCUT2D eigenvalue weighted by molar-refractivity contribution is -0.0521. The van der Waals surface area contributed by atoms with Crippen molar-refractivity contribution in [2.45, 2.75) is 25.9 Å². The van der Waals surface area contributed by atoms with Gasteiger partial charge in [0, 0.05) is 32.4 Å². The Labute approximate surface area is 116 Å². The summed E-state index contributed by atoms with van der Waals surface area (Å²) in [5, 5.41) is 2.97. The van der Waals surface area contributed by atoms with Gasteiger partial charge in [0.1, 0.15) is 0 Å². The van der Waals surface area contributed by atoms with Gasteiger partial charge in [-0.05, 0) is 19.3 Å². The molecule has 1 aromatic carbocycles. The summed E-state index contributed by atoms with van der Waals surface area (Å²) in [5.74, 6) is -1.43. The van der Waals surface area contributed by atoms with Crippen LogP contribution in [0.1, 0.15) is 19.3 Å². The van der Waals surface area contributed by atoms with Crippen molar-refractivity contribution in [3.63, 3.8) is 0 Å². The number of rotatable bonds is 9. The maximum absolute atomic E-state index is 13.3. The van der Waals surface area contributed by atoms with E-state index in [-0.39, 0.29) is 5.69 Å². The molecule has 7 heteroatoms. The third-order valence-electron chi connectivity index (χ3n) is 2.66. The minimum Gasteiger partial charge on any atom is -0.432 e. The Bertz CT molecular complexity index is 417. The predicted octanol–water partition coefficient (Wildman–Crippen LogP) is 3.24. The van der Waals surface area contributed by atoms with Gasteiger partial charge in [-0.3, -0.25) is 0 Å². The zero-order valence-electron chi connectivity index (χ0n) is 11.3. The monoisotopic (exact) mass is 292 g/mol. The van der Waals surface area contributed by atoms with Crippen molar-refractivity contribution in [2.75, 3.05) is 31.3 Å². The Hall–Kier alpha value is -1.63.